The summed E-state index contributed by atoms with van der Waals surface area (Å²) in [6, 6.07) is 22.9. The molecule has 17 nitrogen and oxygen atoms in total. The predicted octanol–water partition coefficient (Wildman–Crippen LogP) is 14.5. The summed E-state index contributed by atoms with van der Waals surface area (Å²) in [6.07, 6.45) is 4.69. The van der Waals surface area contributed by atoms with Crippen LogP contribution in [0.1, 0.15) is 211 Å². The maximum atomic E-state index is 13.1. The molecule has 2 aliphatic heterocycles. The first-order chi connectivity index (χ1) is 39.4. The Balaban J connectivity index is -0.00000127. The molecule has 494 valence electrons. The average molecular weight is 1230 g/mol. The molecule has 1 saturated heterocycles. The lowest BCUT2D eigenvalue weighted by Gasteiger charge is -2.33. The summed E-state index contributed by atoms with van der Waals surface area (Å²) >= 11 is 0. The molecule has 5 rings (SSSR count). The van der Waals surface area contributed by atoms with Gasteiger partial charge in [-0.1, -0.05) is 189 Å². The normalized spacial score (nSPS) is 14.5. The quantitative estimate of drug-likeness (QED) is 0.0263. The summed E-state index contributed by atoms with van der Waals surface area (Å²) in [5.41, 5.74) is 4.62. The lowest BCUT2D eigenvalue weighted by atomic mass is 9.72. The molecule has 1 fully saturated rings. The van der Waals surface area contributed by atoms with E-state index in [1.165, 1.54) is 38.8 Å². The largest absolute Gasteiger partial charge is 0.469 e. The van der Waals surface area contributed by atoms with Gasteiger partial charge in [0.1, 0.15) is 18.8 Å². The van der Waals surface area contributed by atoms with Gasteiger partial charge in [-0.3, -0.25) is 24.0 Å². The molecule has 0 bridgehead atoms. The molecular weight excluding hydrogens is 1120 g/mol. The Labute approximate surface area is 527 Å². The fourth-order valence-corrected chi connectivity index (χ4v) is 10.2. The van der Waals surface area contributed by atoms with Crippen molar-refractivity contribution in [1.29, 1.82) is 0 Å². The van der Waals surface area contributed by atoms with Gasteiger partial charge in [-0.25, -0.2) is 14.4 Å². The Hall–Kier alpha value is -6.92. The monoisotopic (exact) mass is 1230 g/mol. The highest BCUT2D eigenvalue weighted by Gasteiger charge is 2.36. The number of hydrogen-bond acceptors (Lipinski definition) is 17. The van der Waals surface area contributed by atoms with Crippen LogP contribution in [0.15, 0.2) is 110 Å². The summed E-state index contributed by atoms with van der Waals surface area (Å²) in [5, 5.41) is 16.0. The van der Waals surface area contributed by atoms with Crippen LogP contribution >= 0.6 is 0 Å². The van der Waals surface area contributed by atoms with E-state index in [1.54, 1.807) is 50.2 Å². The zero-order valence-electron chi connectivity index (χ0n) is 53.1. The number of methoxy groups -OCH3 is 2. The fraction of sp³-hybridized carbons (Fsp3) is 0.549. The number of allylic oxidation sites excluding steroid dienone is 2. The SMILES string of the molecule is C.C.C.C=C(CC(CC(=O)OC)C(=O)OC(C)COCC(=O)c1ccccc1C(=O)OC(C)COC)CC(C)(C)CC(C)(C)C.C=C(CC1CC(=O)OC1=O)CC(C)(C)CC(C)(C)C.C=Cc1ccccc1.CC(O)CO.O=C1OC(=O)c2ccccc21. The van der Waals surface area contributed by atoms with Crippen molar-refractivity contribution >= 4 is 53.6 Å². The number of carbonyl (C=O) groups is 8. The van der Waals surface area contributed by atoms with Crippen molar-refractivity contribution in [2.45, 2.75) is 182 Å². The second-order valence-electron chi connectivity index (χ2n) is 25.5. The van der Waals surface area contributed by atoms with Gasteiger partial charge in [0.25, 0.3) is 0 Å². The number of carbonyl (C=O) groups excluding carboxylic acids is 8. The molecule has 0 aliphatic carbocycles. The second kappa shape index (κ2) is 41.3. The molecule has 5 unspecified atom stereocenters. The van der Waals surface area contributed by atoms with E-state index in [1.807, 2.05) is 36.4 Å². The summed E-state index contributed by atoms with van der Waals surface area (Å²) < 4.78 is 35.1. The summed E-state index contributed by atoms with van der Waals surface area (Å²) in [5.74, 6) is -5.09. The first-order valence-electron chi connectivity index (χ1n) is 28.5. The van der Waals surface area contributed by atoms with Gasteiger partial charge in [-0.05, 0) is 105 Å². The minimum absolute atomic E-state index is 0. The topological polar surface area (TPSA) is 242 Å². The molecule has 2 aliphatic rings. The molecular formula is C71H108O17. The number of benzene rings is 3. The molecule has 2 heterocycles. The lowest BCUT2D eigenvalue weighted by Crippen LogP contribution is -2.29. The zero-order valence-corrected chi connectivity index (χ0v) is 53.1. The molecule has 5 atom stereocenters. The van der Waals surface area contributed by atoms with Crippen LogP contribution in [0, 0.1) is 33.5 Å². The molecule has 3 aromatic carbocycles. The number of Topliss-reactive ketones (excluding diaryl/α,β-unsaturated/α-hetero) is 1. The molecule has 0 aromatic heterocycles. The van der Waals surface area contributed by atoms with Crippen LogP contribution in [-0.4, -0.2) is 117 Å². The molecule has 0 saturated carbocycles. The average Bonchev–Trinajstić information content (AvgIpc) is 2.51. The van der Waals surface area contributed by atoms with Gasteiger partial charge in [-0.2, -0.15) is 0 Å². The number of ketones is 1. The van der Waals surface area contributed by atoms with E-state index in [2.05, 4.69) is 98.4 Å². The Kier molecular flexibility index (Phi) is 40.1. The minimum Gasteiger partial charge on any atom is -0.469 e. The first-order valence-corrected chi connectivity index (χ1v) is 28.5. The molecule has 0 radical (unpaired) electrons. The van der Waals surface area contributed by atoms with Crippen molar-refractivity contribution in [3.05, 3.63) is 138 Å². The lowest BCUT2D eigenvalue weighted by molar-refractivity contribution is -0.159. The standard InChI is InChI=1S/C33H50O9.C16H26O3.C8H4O3.C8H8.C3H8O2.3CH4/c1-22(17-33(7,8)21-32(4,5)6)15-25(16-29(35)39-10)30(36)41-24(3)19-40-20-28(34)26-13-11-12-14-27(26)31(37)42-23(2)18-38-9;1-11(7-12-8-13(17)19-14(12)18)9-16(5,6)10-15(2,3)4;9-7-5-3-1-2-4-6(5)8(10)11-7;1-2-8-6-4-3-5-7-8;1-3(5)2-4;;;/h11-14,23-25H,1,15-21H2,2-10H3;12H,1,7-10H2,2-6H3;1-4H;2-7H,1H2;3-5H,2H2,1H3;3*1H4. The highest BCUT2D eigenvalue weighted by Crippen LogP contribution is 2.40. The third-order valence-corrected chi connectivity index (χ3v) is 12.4. The maximum Gasteiger partial charge on any atom is 0.346 e. The van der Waals surface area contributed by atoms with E-state index < -0.39 is 65.8 Å². The fourth-order valence-electron chi connectivity index (χ4n) is 10.2. The number of aliphatic hydroxyl groups is 2. The van der Waals surface area contributed by atoms with E-state index >= 15 is 0 Å². The van der Waals surface area contributed by atoms with E-state index in [4.69, 9.17) is 33.9 Å². The third-order valence-electron chi connectivity index (χ3n) is 12.4. The zero-order chi connectivity index (χ0) is 64.9. The number of aliphatic hydroxyl groups excluding tert-OH is 2. The van der Waals surface area contributed by atoms with Crippen LogP contribution in [0.3, 0.4) is 0 Å². The second-order valence-corrected chi connectivity index (χ2v) is 25.5. The molecule has 3 aromatic rings. The molecule has 2 N–H and O–H groups in total. The van der Waals surface area contributed by atoms with Crippen molar-refractivity contribution in [3.8, 4) is 0 Å². The number of rotatable bonds is 25. The van der Waals surface area contributed by atoms with Gasteiger partial charge in [-0.15, -0.1) is 0 Å². The highest BCUT2D eigenvalue weighted by atomic mass is 16.6. The Morgan fingerprint density at radius 3 is 1.56 bits per heavy atom. The van der Waals surface area contributed by atoms with Gasteiger partial charge >= 0.3 is 41.8 Å². The van der Waals surface area contributed by atoms with Crippen molar-refractivity contribution in [3.63, 3.8) is 0 Å². The van der Waals surface area contributed by atoms with Crippen LogP contribution < -0.4 is 0 Å². The van der Waals surface area contributed by atoms with Crippen LogP contribution in [0.4, 0.5) is 0 Å². The van der Waals surface area contributed by atoms with Gasteiger partial charge in [0.15, 0.2) is 5.78 Å². The van der Waals surface area contributed by atoms with Crippen molar-refractivity contribution in [1.82, 2.24) is 0 Å². The van der Waals surface area contributed by atoms with Crippen molar-refractivity contribution < 1.29 is 81.7 Å². The van der Waals surface area contributed by atoms with Crippen LogP contribution in [0.2, 0.25) is 0 Å². The van der Waals surface area contributed by atoms with E-state index in [9.17, 15) is 38.4 Å². The van der Waals surface area contributed by atoms with Gasteiger partial charge in [0.2, 0.25) is 0 Å². The number of cyclic esters (lactones) is 4. The van der Waals surface area contributed by atoms with Crippen molar-refractivity contribution in [2.75, 3.05) is 40.6 Å². The van der Waals surface area contributed by atoms with Gasteiger partial charge in [0, 0.05) is 12.7 Å². The summed E-state index contributed by atoms with van der Waals surface area (Å²) in [7, 11) is 2.78. The van der Waals surface area contributed by atoms with Gasteiger partial charge in [0.05, 0.1) is 74.4 Å². The molecule has 0 spiro atoms. The summed E-state index contributed by atoms with van der Waals surface area (Å²) in [6.45, 7) is 38.5. The number of fused-ring (bicyclic) bond motifs is 1. The maximum absolute atomic E-state index is 13.1. The highest BCUT2D eigenvalue weighted by molar-refractivity contribution is 6.14. The first kappa shape index (κ1) is 85.3. The number of hydrogen-bond donors (Lipinski definition) is 2. The summed E-state index contributed by atoms with van der Waals surface area (Å²) in [4.78, 5) is 94.7. The van der Waals surface area contributed by atoms with Crippen LogP contribution in [-0.2, 0) is 52.3 Å². The van der Waals surface area contributed by atoms with Crippen LogP contribution in [0.5, 0.6) is 0 Å². The van der Waals surface area contributed by atoms with E-state index in [0.717, 1.165) is 30.4 Å². The molecule has 17 heteroatoms. The predicted molar refractivity (Wildman–Crippen MR) is 347 cm³/mol. The van der Waals surface area contributed by atoms with Gasteiger partial charge < -0.3 is 43.4 Å². The number of esters is 7. The van der Waals surface area contributed by atoms with Crippen LogP contribution in [0.25, 0.3) is 6.08 Å². The Morgan fingerprint density at radius 2 is 1.12 bits per heavy atom. The van der Waals surface area contributed by atoms with E-state index in [-0.39, 0.29) is 106 Å². The van der Waals surface area contributed by atoms with E-state index in [0.29, 0.717) is 30.4 Å². The Bertz CT molecular complexity index is 2650. The minimum atomic E-state index is -0.752. The number of ether oxygens (including phenoxy) is 7. The van der Waals surface area contributed by atoms with Crippen molar-refractivity contribution in [2.24, 2.45) is 33.5 Å². The third kappa shape index (κ3) is 35.8. The molecule has 0 amide bonds. The smallest absolute Gasteiger partial charge is 0.346 e. The Morgan fingerprint density at radius 1 is 0.659 bits per heavy atom. The molecule has 88 heavy (non-hydrogen) atoms.